The summed E-state index contributed by atoms with van der Waals surface area (Å²) in [5, 5.41) is 0. The first-order valence-corrected chi connectivity index (χ1v) is 5.86. The summed E-state index contributed by atoms with van der Waals surface area (Å²) in [5.74, 6) is 5.78. The second-order valence-electron chi connectivity index (χ2n) is 5.50. The van der Waals surface area contributed by atoms with Crippen LogP contribution in [0.2, 0.25) is 0 Å². The van der Waals surface area contributed by atoms with E-state index in [0.717, 1.165) is 29.6 Å². The van der Waals surface area contributed by atoms with Gasteiger partial charge >= 0.3 is 23.1 Å². The summed E-state index contributed by atoms with van der Waals surface area (Å²) < 4.78 is 0. The van der Waals surface area contributed by atoms with Crippen LogP contribution in [0, 0.1) is 29.6 Å². The van der Waals surface area contributed by atoms with Crippen LogP contribution in [0.15, 0.2) is 0 Å². The molecule has 4 aliphatic rings. The Morgan fingerprint density at radius 1 is 0.800 bits per heavy atom. The Kier molecular flexibility index (Phi) is 7.36. The van der Waals surface area contributed by atoms with Crippen LogP contribution in [0.4, 0.5) is 0 Å². The molecule has 0 nitrogen and oxygen atoms in total. The second kappa shape index (κ2) is 6.60. The molecule has 0 amide bonds. The van der Waals surface area contributed by atoms with Gasteiger partial charge in [-0.25, -0.2) is 0 Å². The van der Waals surface area contributed by atoms with E-state index in [1.165, 1.54) is 6.42 Å². The van der Waals surface area contributed by atoms with E-state index in [9.17, 15) is 0 Å². The van der Waals surface area contributed by atoms with E-state index >= 15 is 0 Å². The Labute approximate surface area is 131 Å². The average Bonchev–Trinajstić information content (AvgIpc) is 2.02. The predicted octanol–water partition coefficient (Wildman–Crippen LogP) is -2.90. The fourth-order valence-corrected chi connectivity index (χ4v) is 4.70. The Balaban J connectivity index is 0.000000653. The first-order valence-electron chi connectivity index (χ1n) is 5.86. The fraction of sp³-hybridized carbons (Fsp3) is 1.00. The summed E-state index contributed by atoms with van der Waals surface area (Å²) >= 11 is 0. The Morgan fingerprint density at radius 3 is 1.53 bits per heavy atom. The Morgan fingerprint density at radius 2 is 1.20 bits per heavy atom. The van der Waals surface area contributed by atoms with Crippen molar-refractivity contribution in [3.63, 3.8) is 0 Å². The minimum Gasteiger partial charge on any atom is -1.00 e. The smallest absolute Gasteiger partial charge is 1.00 e. The van der Waals surface area contributed by atoms with E-state index in [2.05, 4.69) is 6.92 Å². The molecule has 4 aliphatic carbocycles. The third-order valence-corrected chi connectivity index (χ3v) is 4.89. The van der Waals surface area contributed by atoms with Crippen LogP contribution in [0.3, 0.4) is 0 Å². The monoisotopic (exact) mass is 346 g/mol. The third-order valence-electron chi connectivity index (χ3n) is 4.89. The van der Waals surface area contributed by atoms with Crippen LogP contribution in [-0.4, -0.2) is 23.1 Å². The van der Waals surface area contributed by atoms with Crippen molar-refractivity contribution >= 4 is 23.1 Å². The molecular weight excluding hydrogens is 328 g/mol. The van der Waals surface area contributed by atoms with Crippen LogP contribution in [0.5, 0.6) is 0 Å². The van der Waals surface area contributed by atoms with Crippen molar-refractivity contribution in [2.75, 3.05) is 0 Å². The van der Waals surface area contributed by atoms with Gasteiger partial charge in [-0.05, 0) is 61.7 Å². The molecule has 3 heteroatoms. The number of rotatable bonds is 1. The third kappa shape index (κ3) is 2.94. The summed E-state index contributed by atoms with van der Waals surface area (Å²) in [4.78, 5) is 0. The van der Waals surface area contributed by atoms with Gasteiger partial charge < -0.3 is 34.0 Å². The van der Waals surface area contributed by atoms with E-state index in [-0.39, 0.29) is 57.0 Å². The molecule has 0 aromatic carbocycles. The van der Waals surface area contributed by atoms with E-state index < -0.39 is 0 Å². The average molecular weight is 348 g/mol. The molecule has 4 bridgehead atoms. The summed E-state index contributed by atoms with van der Waals surface area (Å²) in [6.45, 7) is 2.41. The molecular formula is C12H20Br2Mg. The Hall–Kier alpha value is 1.73. The van der Waals surface area contributed by atoms with Crippen molar-refractivity contribution in [3.05, 3.63) is 0 Å². The molecule has 0 heterocycles. The number of halogens is 2. The molecule has 0 radical (unpaired) electrons. The zero-order valence-corrected chi connectivity index (χ0v) is 14.2. The van der Waals surface area contributed by atoms with Gasteiger partial charge in [-0.1, -0.05) is 13.3 Å². The molecule has 84 valence electrons. The minimum absolute atomic E-state index is 0. The minimum atomic E-state index is 0. The number of hydrogen-bond donors (Lipinski definition) is 0. The molecule has 0 aliphatic heterocycles. The first-order chi connectivity index (χ1) is 5.86. The van der Waals surface area contributed by atoms with Crippen molar-refractivity contribution in [3.8, 4) is 0 Å². The number of hydrogen-bond acceptors (Lipinski definition) is 0. The quantitative estimate of drug-likeness (QED) is 0.446. The van der Waals surface area contributed by atoms with Crippen LogP contribution in [0.25, 0.3) is 0 Å². The standard InChI is InChI=1S/C12H20.2BrH.Mg/c1-2-12-10-4-8-3-9(6-10)7-11(12)5-8;;;/h8-12H,2-7H2,1H3;2*1H;/q;;;+2/p-2. The van der Waals surface area contributed by atoms with Crippen LogP contribution >= 0.6 is 0 Å². The maximum atomic E-state index is 2.41. The van der Waals surface area contributed by atoms with Gasteiger partial charge in [-0.15, -0.1) is 0 Å². The van der Waals surface area contributed by atoms with Crippen LogP contribution in [0.1, 0.15) is 45.4 Å². The van der Waals surface area contributed by atoms with Crippen LogP contribution < -0.4 is 34.0 Å². The molecule has 0 atom stereocenters. The molecule has 0 saturated heterocycles. The van der Waals surface area contributed by atoms with Gasteiger partial charge in [0.25, 0.3) is 0 Å². The van der Waals surface area contributed by atoms with Gasteiger partial charge in [-0.3, -0.25) is 0 Å². The predicted molar refractivity (Wildman–Crippen MR) is 56.6 cm³/mol. The summed E-state index contributed by atoms with van der Waals surface area (Å²) in [6.07, 6.45) is 9.48. The van der Waals surface area contributed by atoms with Gasteiger partial charge in [0.15, 0.2) is 0 Å². The van der Waals surface area contributed by atoms with E-state index in [1.54, 1.807) is 32.1 Å². The zero-order valence-electron chi connectivity index (χ0n) is 9.59. The maximum absolute atomic E-state index is 2.41. The van der Waals surface area contributed by atoms with Crippen molar-refractivity contribution < 1.29 is 34.0 Å². The SMILES string of the molecule is CCC1C2CC3CC(C2)CC1C3.[Br-].[Br-].[Mg+2]. The second-order valence-corrected chi connectivity index (χ2v) is 5.50. The van der Waals surface area contributed by atoms with Gasteiger partial charge in [0.05, 0.1) is 0 Å². The van der Waals surface area contributed by atoms with Gasteiger partial charge in [0.2, 0.25) is 0 Å². The normalized spacial score (nSPS) is 45.0. The molecule has 4 saturated carbocycles. The van der Waals surface area contributed by atoms with Crippen molar-refractivity contribution in [1.82, 2.24) is 0 Å². The molecule has 0 unspecified atom stereocenters. The largest absolute Gasteiger partial charge is 2.00 e. The van der Waals surface area contributed by atoms with Crippen LogP contribution in [-0.2, 0) is 0 Å². The summed E-state index contributed by atoms with van der Waals surface area (Å²) in [6, 6.07) is 0. The molecule has 0 aromatic heterocycles. The molecule has 4 rings (SSSR count). The van der Waals surface area contributed by atoms with Crippen molar-refractivity contribution in [2.45, 2.75) is 45.4 Å². The topological polar surface area (TPSA) is 0 Å². The fourth-order valence-electron chi connectivity index (χ4n) is 4.70. The van der Waals surface area contributed by atoms with E-state index in [1.807, 2.05) is 0 Å². The summed E-state index contributed by atoms with van der Waals surface area (Å²) in [7, 11) is 0. The molecule has 15 heavy (non-hydrogen) atoms. The molecule has 0 spiro atoms. The Bertz CT molecular complexity index is 168. The zero-order chi connectivity index (χ0) is 8.13. The van der Waals surface area contributed by atoms with Gasteiger partial charge in [0, 0.05) is 0 Å². The van der Waals surface area contributed by atoms with E-state index in [0.29, 0.717) is 0 Å². The summed E-state index contributed by atoms with van der Waals surface area (Å²) in [5.41, 5.74) is 0. The van der Waals surface area contributed by atoms with Crippen molar-refractivity contribution in [1.29, 1.82) is 0 Å². The van der Waals surface area contributed by atoms with E-state index in [4.69, 9.17) is 0 Å². The van der Waals surface area contributed by atoms with Gasteiger partial charge in [-0.2, -0.15) is 0 Å². The van der Waals surface area contributed by atoms with Crippen molar-refractivity contribution in [2.24, 2.45) is 29.6 Å². The molecule has 4 fully saturated rings. The first kappa shape index (κ1) is 16.7. The van der Waals surface area contributed by atoms with Gasteiger partial charge in [0.1, 0.15) is 0 Å². The molecule has 0 N–H and O–H groups in total. The maximum Gasteiger partial charge on any atom is 2.00 e. The molecule has 0 aromatic rings.